The van der Waals surface area contributed by atoms with Crippen LogP contribution in [-0.2, 0) is 11.3 Å². The van der Waals surface area contributed by atoms with Gasteiger partial charge in [-0.15, -0.1) is 24.0 Å². The molecule has 0 radical (unpaired) electrons. The standard InChI is InChI=1S/C17H31N5O2.HI/c1-6-13(5)21-16(23)8-9-19-17(18-7-2)20-11-14-10-15(12(3)4)22-24-14;/h10,12-13H,6-9,11H2,1-5H3,(H,21,23)(H2,18,19,20);1H. The van der Waals surface area contributed by atoms with Crippen molar-refractivity contribution in [1.29, 1.82) is 0 Å². The van der Waals surface area contributed by atoms with Crippen molar-refractivity contribution in [1.82, 2.24) is 21.1 Å². The van der Waals surface area contributed by atoms with Crippen molar-refractivity contribution in [3.63, 3.8) is 0 Å². The number of nitrogens with one attached hydrogen (secondary N) is 3. The summed E-state index contributed by atoms with van der Waals surface area (Å²) in [6.45, 7) is 11.9. The fraction of sp³-hybridized carbons (Fsp3) is 0.706. The molecule has 3 N–H and O–H groups in total. The third-order valence-electron chi connectivity index (χ3n) is 3.57. The Morgan fingerprint density at radius 1 is 1.28 bits per heavy atom. The smallest absolute Gasteiger partial charge is 0.221 e. The normalized spacial score (nSPS) is 12.5. The van der Waals surface area contributed by atoms with E-state index in [1.165, 1.54) is 0 Å². The molecule has 0 aromatic carbocycles. The van der Waals surface area contributed by atoms with Crippen molar-refractivity contribution in [2.24, 2.45) is 4.99 Å². The first-order chi connectivity index (χ1) is 11.5. The molecule has 0 fully saturated rings. The van der Waals surface area contributed by atoms with Crippen LogP contribution in [0.4, 0.5) is 0 Å². The zero-order valence-electron chi connectivity index (χ0n) is 15.9. The summed E-state index contributed by atoms with van der Waals surface area (Å²) in [6.07, 6.45) is 1.34. The molecule has 1 aromatic heterocycles. The van der Waals surface area contributed by atoms with Gasteiger partial charge < -0.3 is 20.5 Å². The minimum Gasteiger partial charge on any atom is -0.359 e. The zero-order chi connectivity index (χ0) is 17.9. The van der Waals surface area contributed by atoms with Crippen LogP contribution in [0.15, 0.2) is 15.6 Å². The van der Waals surface area contributed by atoms with E-state index >= 15 is 0 Å². The molecule has 144 valence electrons. The summed E-state index contributed by atoms with van der Waals surface area (Å²) in [5.74, 6) is 1.77. The number of halogens is 1. The highest BCUT2D eigenvalue weighted by molar-refractivity contribution is 14.0. The van der Waals surface area contributed by atoms with Crippen molar-refractivity contribution in [2.45, 2.75) is 66.0 Å². The molecule has 1 heterocycles. The second-order valence-corrected chi connectivity index (χ2v) is 6.12. The number of aromatic nitrogens is 1. The Kier molecular flexibility index (Phi) is 12.3. The maximum Gasteiger partial charge on any atom is 0.221 e. The summed E-state index contributed by atoms with van der Waals surface area (Å²) in [6, 6.07) is 2.14. The average molecular weight is 465 g/mol. The van der Waals surface area contributed by atoms with Gasteiger partial charge in [0.25, 0.3) is 0 Å². The third-order valence-corrected chi connectivity index (χ3v) is 3.57. The number of carbonyl (C=O) groups is 1. The lowest BCUT2D eigenvalue weighted by atomic mass is 10.1. The summed E-state index contributed by atoms with van der Waals surface area (Å²) in [4.78, 5) is 16.2. The molecule has 1 atom stereocenters. The quantitative estimate of drug-likeness (QED) is 0.297. The number of hydrogen-bond donors (Lipinski definition) is 3. The molecular formula is C17H32IN5O2. The lowest BCUT2D eigenvalue weighted by Gasteiger charge is -2.13. The number of guanidine groups is 1. The molecule has 0 saturated heterocycles. The van der Waals surface area contributed by atoms with Crippen LogP contribution in [0.25, 0.3) is 0 Å². The van der Waals surface area contributed by atoms with E-state index in [0.29, 0.717) is 31.4 Å². The molecule has 0 aliphatic rings. The molecular weight excluding hydrogens is 433 g/mol. The van der Waals surface area contributed by atoms with E-state index in [9.17, 15) is 4.79 Å². The summed E-state index contributed by atoms with van der Waals surface area (Å²) in [7, 11) is 0. The molecule has 0 aliphatic carbocycles. The van der Waals surface area contributed by atoms with Crippen molar-refractivity contribution in [3.8, 4) is 0 Å². The number of nitrogens with zero attached hydrogens (tertiary/aromatic N) is 2. The van der Waals surface area contributed by atoms with Gasteiger partial charge in [-0.1, -0.05) is 25.9 Å². The van der Waals surface area contributed by atoms with Crippen LogP contribution in [0.2, 0.25) is 0 Å². The molecule has 1 unspecified atom stereocenters. The molecule has 0 bridgehead atoms. The predicted molar refractivity (Wildman–Crippen MR) is 111 cm³/mol. The molecule has 0 saturated carbocycles. The summed E-state index contributed by atoms with van der Waals surface area (Å²) < 4.78 is 5.28. The largest absolute Gasteiger partial charge is 0.359 e. The summed E-state index contributed by atoms with van der Waals surface area (Å²) >= 11 is 0. The van der Waals surface area contributed by atoms with Gasteiger partial charge in [0.15, 0.2) is 11.7 Å². The van der Waals surface area contributed by atoms with E-state index in [1.54, 1.807) is 0 Å². The van der Waals surface area contributed by atoms with Gasteiger partial charge in [0.1, 0.15) is 6.54 Å². The van der Waals surface area contributed by atoms with E-state index in [0.717, 1.165) is 24.4 Å². The third kappa shape index (κ3) is 9.66. The average Bonchev–Trinajstić information content (AvgIpc) is 3.01. The Morgan fingerprint density at radius 3 is 2.56 bits per heavy atom. The molecule has 1 aromatic rings. The molecule has 25 heavy (non-hydrogen) atoms. The number of carbonyl (C=O) groups excluding carboxylic acids is 1. The van der Waals surface area contributed by atoms with Crippen LogP contribution in [0.5, 0.6) is 0 Å². The number of aliphatic imine (C=N–C) groups is 1. The molecule has 8 heteroatoms. The topological polar surface area (TPSA) is 91.6 Å². The molecule has 7 nitrogen and oxygen atoms in total. The highest BCUT2D eigenvalue weighted by atomic mass is 127. The summed E-state index contributed by atoms with van der Waals surface area (Å²) in [5, 5.41) is 13.3. The van der Waals surface area contributed by atoms with E-state index in [4.69, 9.17) is 4.52 Å². The van der Waals surface area contributed by atoms with Crippen molar-refractivity contribution in [3.05, 3.63) is 17.5 Å². The second-order valence-electron chi connectivity index (χ2n) is 6.12. The van der Waals surface area contributed by atoms with Gasteiger partial charge in [-0.2, -0.15) is 0 Å². The van der Waals surface area contributed by atoms with Crippen LogP contribution in [0, 0.1) is 0 Å². The number of rotatable bonds is 9. The Labute approximate surface area is 167 Å². The first-order valence-electron chi connectivity index (χ1n) is 8.73. The first-order valence-corrected chi connectivity index (χ1v) is 8.73. The maximum atomic E-state index is 11.8. The van der Waals surface area contributed by atoms with Crippen LogP contribution in [0.1, 0.15) is 64.8 Å². The first kappa shape index (κ1) is 23.7. The van der Waals surface area contributed by atoms with Gasteiger partial charge >= 0.3 is 0 Å². The van der Waals surface area contributed by atoms with Crippen molar-refractivity contribution in [2.75, 3.05) is 13.1 Å². The monoisotopic (exact) mass is 465 g/mol. The second kappa shape index (κ2) is 13.0. The van der Waals surface area contributed by atoms with Crippen molar-refractivity contribution < 1.29 is 9.32 Å². The van der Waals surface area contributed by atoms with Gasteiger partial charge in [0, 0.05) is 31.6 Å². The minimum atomic E-state index is 0. The van der Waals surface area contributed by atoms with E-state index < -0.39 is 0 Å². The SMILES string of the molecule is CCNC(=NCc1cc(C(C)C)no1)NCCC(=O)NC(C)CC.I. The molecule has 1 amide bonds. The zero-order valence-corrected chi connectivity index (χ0v) is 18.2. The van der Waals surface area contributed by atoms with Crippen LogP contribution < -0.4 is 16.0 Å². The van der Waals surface area contributed by atoms with Crippen LogP contribution >= 0.6 is 24.0 Å². The van der Waals surface area contributed by atoms with Crippen LogP contribution in [-0.4, -0.2) is 36.2 Å². The molecule has 1 rings (SSSR count). The Morgan fingerprint density at radius 2 is 2.00 bits per heavy atom. The highest BCUT2D eigenvalue weighted by Crippen LogP contribution is 2.14. The van der Waals surface area contributed by atoms with E-state index in [-0.39, 0.29) is 35.9 Å². The van der Waals surface area contributed by atoms with Crippen LogP contribution in [0.3, 0.4) is 0 Å². The number of hydrogen-bond acceptors (Lipinski definition) is 4. The van der Waals surface area contributed by atoms with Crippen molar-refractivity contribution >= 4 is 35.8 Å². The lowest BCUT2D eigenvalue weighted by molar-refractivity contribution is -0.121. The van der Waals surface area contributed by atoms with Gasteiger partial charge in [-0.05, 0) is 26.2 Å². The lowest BCUT2D eigenvalue weighted by Crippen LogP contribution is -2.40. The maximum absolute atomic E-state index is 11.8. The highest BCUT2D eigenvalue weighted by Gasteiger charge is 2.08. The van der Waals surface area contributed by atoms with Gasteiger partial charge in [0.05, 0.1) is 5.69 Å². The Balaban J connectivity index is 0.00000576. The molecule has 0 spiro atoms. The van der Waals surface area contributed by atoms with Gasteiger partial charge in [-0.3, -0.25) is 4.79 Å². The fourth-order valence-electron chi connectivity index (χ4n) is 1.92. The van der Waals surface area contributed by atoms with E-state index in [2.05, 4.69) is 39.9 Å². The van der Waals surface area contributed by atoms with Gasteiger partial charge in [-0.25, -0.2) is 4.99 Å². The molecule has 0 aliphatic heterocycles. The Hall–Kier alpha value is -1.32. The summed E-state index contributed by atoms with van der Waals surface area (Å²) in [5.41, 5.74) is 0.930. The predicted octanol–water partition coefficient (Wildman–Crippen LogP) is 2.78. The van der Waals surface area contributed by atoms with E-state index in [1.807, 2.05) is 26.8 Å². The van der Waals surface area contributed by atoms with Gasteiger partial charge in [0.2, 0.25) is 5.91 Å². The fourth-order valence-corrected chi connectivity index (χ4v) is 1.92. The number of amides is 1. The minimum absolute atomic E-state index is 0. The Bertz CT molecular complexity index is 531.